The molecule has 32 heavy (non-hydrogen) atoms. The molecule has 1 aliphatic carbocycles. The molecule has 0 bridgehead atoms. The molecule has 0 fully saturated rings. The summed E-state index contributed by atoms with van der Waals surface area (Å²) in [4.78, 5) is 25.6. The summed E-state index contributed by atoms with van der Waals surface area (Å²) in [5.41, 5.74) is 3.10. The molecule has 0 saturated heterocycles. The summed E-state index contributed by atoms with van der Waals surface area (Å²) in [6.45, 7) is 3.93. The predicted molar refractivity (Wildman–Crippen MR) is 127 cm³/mol. The van der Waals surface area contributed by atoms with Crippen LogP contribution in [0.5, 0.6) is 0 Å². The normalized spacial score (nSPS) is 13.6. The summed E-state index contributed by atoms with van der Waals surface area (Å²) in [5.74, 6) is -0.938. The van der Waals surface area contributed by atoms with Gasteiger partial charge in [-0.3, -0.25) is 0 Å². The summed E-state index contributed by atoms with van der Waals surface area (Å²) in [7, 11) is 0. The second-order valence-electron chi connectivity index (χ2n) is 6.92. The molecule has 0 saturated carbocycles. The van der Waals surface area contributed by atoms with Gasteiger partial charge in [0.2, 0.25) is 0 Å². The average Bonchev–Trinajstić information content (AvgIpc) is 2.77. The number of ether oxygens (including phenoxy) is 2. The molecule has 2 N–H and O–H groups in total. The predicted octanol–water partition coefficient (Wildman–Crippen LogP) is 5.95. The number of benzene rings is 2. The Hall–Kier alpha value is -2.96. The third kappa shape index (κ3) is 5.64. The molecule has 3 rings (SSSR count). The van der Waals surface area contributed by atoms with Gasteiger partial charge in [0.1, 0.15) is 0 Å². The Bertz CT molecular complexity index is 994. The highest BCUT2D eigenvalue weighted by atomic mass is 35.5. The van der Waals surface area contributed by atoms with E-state index < -0.39 is 11.9 Å². The third-order valence-electron chi connectivity index (χ3n) is 4.80. The lowest BCUT2D eigenvalue weighted by molar-refractivity contribution is -0.140. The van der Waals surface area contributed by atoms with Crippen molar-refractivity contribution in [3.05, 3.63) is 81.1 Å². The Morgan fingerprint density at radius 2 is 1.12 bits per heavy atom. The second-order valence-corrected chi connectivity index (χ2v) is 7.73. The lowest BCUT2D eigenvalue weighted by Crippen LogP contribution is -2.25. The first kappa shape index (κ1) is 23.7. The van der Waals surface area contributed by atoms with Crippen LogP contribution in [-0.4, -0.2) is 25.2 Å². The smallest absolute Gasteiger partial charge is 0.336 e. The number of allylic oxidation sites excluding steroid dienone is 2. The molecule has 168 valence electrons. The van der Waals surface area contributed by atoms with E-state index in [1.165, 1.54) is 0 Å². The van der Waals surface area contributed by atoms with Gasteiger partial charge in [0.05, 0.1) is 45.8 Å². The molecular weight excluding hydrogens is 451 g/mol. The van der Waals surface area contributed by atoms with Crippen molar-refractivity contribution in [2.24, 2.45) is 0 Å². The number of hydrogen-bond acceptors (Lipinski definition) is 6. The Kier molecular flexibility index (Phi) is 8.20. The van der Waals surface area contributed by atoms with Gasteiger partial charge in [-0.15, -0.1) is 0 Å². The van der Waals surface area contributed by atoms with E-state index in [1.54, 1.807) is 38.1 Å². The summed E-state index contributed by atoms with van der Waals surface area (Å²) < 4.78 is 10.6. The molecule has 2 aromatic carbocycles. The quantitative estimate of drug-likeness (QED) is 0.460. The molecule has 0 amide bonds. The van der Waals surface area contributed by atoms with Crippen LogP contribution in [0.25, 0.3) is 0 Å². The van der Waals surface area contributed by atoms with E-state index in [2.05, 4.69) is 10.6 Å². The molecular formula is C24H24Cl2N2O4. The number of nitrogens with one attached hydrogen (secondary N) is 2. The van der Waals surface area contributed by atoms with Gasteiger partial charge in [-0.2, -0.15) is 0 Å². The maximum atomic E-state index is 12.8. The second kappa shape index (κ2) is 11.1. The largest absolute Gasteiger partial charge is 0.463 e. The Morgan fingerprint density at radius 1 is 0.750 bits per heavy atom. The number of rotatable bonds is 8. The van der Waals surface area contributed by atoms with Crippen LogP contribution in [-0.2, 0) is 19.1 Å². The van der Waals surface area contributed by atoms with E-state index in [0.717, 1.165) is 0 Å². The topological polar surface area (TPSA) is 76.7 Å². The van der Waals surface area contributed by atoms with Crippen molar-refractivity contribution >= 4 is 46.5 Å². The van der Waals surface area contributed by atoms with Crippen LogP contribution in [0.2, 0.25) is 10.0 Å². The van der Waals surface area contributed by atoms with Crippen molar-refractivity contribution in [3.63, 3.8) is 0 Å². The zero-order chi connectivity index (χ0) is 23.1. The fourth-order valence-electron chi connectivity index (χ4n) is 3.30. The van der Waals surface area contributed by atoms with Crippen LogP contribution in [0.1, 0.15) is 26.7 Å². The lowest BCUT2D eigenvalue weighted by Gasteiger charge is -2.26. The van der Waals surface area contributed by atoms with Gasteiger partial charge in [-0.25, -0.2) is 9.59 Å². The van der Waals surface area contributed by atoms with Crippen molar-refractivity contribution in [1.29, 1.82) is 0 Å². The molecule has 1 aliphatic rings. The molecule has 0 unspecified atom stereocenters. The maximum absolute atomic E-state index is 12.8. The minimum absolute atomic E-state index is 0.130. The van der Waals surface area contributed by atoms with Crippen LogP contribution in [0.3, 0.4) is 0 Å². The lowest BCUT2D eigenvalue weighted by atomic mass is 9.92. The van der Waals surface area contributed by atoms with Crippen LogP contribution < -0.4 is 10.6 Å². The minimum atomic E-state index is -0.469. The van der Waals surface area contributed by atoms with E-state index in [-0.39, 0.29) is 26.1 Å². The Morgan fingerprint density at radius 3 is 1.47 bits per heavy atom. The summed E-state index contributed by atoms with van der Waals surface area (Å²) >= 11 is 12.6. The zero-order valence-corrected chi connectivity index (χ0v) is 19.3. The summed E-state index contributed by atoms with van der Waals surface area (Å²) in [6, 6.07) is 14.3. The highest BCUT2D eigenvalue weighted by Crippen LogP contribution is 2.35. The van der Waals surface area contributed by atoms with Crippen LogP contribution in [0.4, 0.5) is 11.4 Å². The summed E-state index contributed by atoms with van der Waals surface area (Å²) in [5, 5.41) is 7.41. The molecule has 8 heteroatoms. The number of para-hydroxylation sites is 2. The van der Waals surface area contributed by atoms with Gasteiger partial charge in [0, 0.05) is 24.2 Å². The molecule has 0 atom stereocenters. The number of hydrogen-bond donors (Lipinski definition) is 2. The summed E-state index contributed by atoms with van der Waals surface area (Å²) in [6.07, 6.45) is 0.260. The van der Waals surface area contributed by atoms with Gasteiger partial charge in [-0.05, 0) is 38.1 Å². The first-order valence-corrected chi connectivity index (χ1v) is 11.0. The van der Waals surface area contributed by atoms with Crippen molar-refractivity contribution in [2.75, 3.05) is 23.8 Å². The van der Waals surface area contributed by atoms with Crippen molar-refractivity contribution in [3.8, 4) is 0 Å². The number of halogens is 2. The van der Waals surface area contributed by atoms with Gasteiger partial charge in [0.25, 0.3) is 0 Å². The number of carbonyl (C=O) groups excluding carboxylic acids is 2. The molecule has 2 aromatic rings. The van der Waals surface area contributed by atoms with Gasteiger partial charge in [0.15, 0.2) is 0 Å². The average molecular weight is 475 g/mol. The molecule has 0 radical (unpaired) electrons. The third-order valence-corrected chi connectivity index (χ3v) is 5.46. The number of carbonyl (C=O) groups is 2. The van der Waals surface area contributed by atoms with Crippen LogP contribution in [0.15, 0.2) is 71.1 Å². The Labute approximate surface area is 197 Å². The molecule has 0 aliphatic heterocycles. The fraction of sp³-hybridized carbons (Fsp3) is 0.250. The van der Waals surface area contributed by atoms with Gasteiger partial charge >= 0.3 is 11.9 Å². The van der Waals surface area contributed by atoms with E-state index >= 15 is 0 Å². The van der Waals surface area contributed by atoms with E-state index in [1.807, 2.05) is 24.3 Å². The van der Waals surface area contributed by atoms with E-state index in [0.29, 0.717) is 44.0 Å². The van der Waals surface area contributed by atoms with E-state index in [9.17, 15) is 9.59 Å². The van der Waals surface area contributed by atoms with Gasteiger partial charge < -0.3 is 20.1 Å². The van der Waals surface area contributed by atoms with Crippen molar-refractivity contribution < 1.29 is 19.1 Å². The molecule has 6 nitrogen and oxygen atoms in total. The first-order valence-electron chi connectivity index (χ1n) is 10.3. The molecule has 0 aromatic heterocycles. The first-order chi connectivity index (χ1) is 15.4. The molecule has 0 heterocycles. The maximum Gasteiger partial charge on any atom is 0.336 e. The van der Waals surface area contributed by atoms with Crippen LogP contribution in [0, 0.1) is 0 Å². The fourth-order valence-corrected chi connectivity index (χ4v) is 3.66. The highest BCUT2D eigenvalue weighted by Gasteiger charge is 2.30. The Balaban J connectivity index is 2.03. The highest BCUT2D eigenvalue weighted by molar-refractivity contribution is 6.33. The molecule has 0 spiro atoms. The van der Waals surface area contributed by atoms with Crippen molar-refractivity contribution in [1.82, 2.24) is 0 Å². The van der Waals surface area contributed by atoms with Crippen LogP contribution >= 0.6 is 23.2 Å². The SMILES string of the molecule is CCOC(=O)C1=C(Nc2ccccc2Cl)CC(C(=O)OCC)=C(Nc2ccccc2Cl)C1. The minimum Gasteiger partial charge on any atom is -0.463 e. The number of esters is 2. The van der Waals surface area contributed by atoms with Crippen molar-refractivity contribution in [2.45, 2.75) is 26.7 Å². The van der Waals surface area contributed by atoms with Gasteiger partial charge in [-0.1, -0.05) is 47.5 Å². The monoisotopic (exact) mass is 474 g/mol. The number of anilines is 2. The zero-order valence-electron chi connectivity index (χ0n) is 17.8. The standard InChI is InChI=1S/C24H24Cl2N2O4/c1-3-31-23(29)15-13-22(28-20-12-8-6-10-18(20)26)16(24(30)32-4-2)14-21(15)27-19-11-7-5-9-17(19)25/h5-12,27-28H,3-4,13-14H2,1-2H3. The van der Waals surface area contributed by atoms with E-state index in [4.69, 9.17) is 32.7 Å².